The molecule has 2 aromatic heterocycles. The first kappa shape index (κ1) is 79.7. The summed E-state index contributed by atoms with van der Waals surface area (Å²) in [5, 5.41) is 64.2. The van der Waals surface area contributed by atoms with Gasteiger partial charge in [0, 0.05) is 54.8 Å². The Labute approximate surface area is 562 Å². The first-order valence-electron chi connectivity index (χ1n) is 32.5. The van der Waals surface area contributed by atoms with E-state index in [0.717, 1.165) is 6.92 Å². The van der Waals surface area contributed by atoms with Gasteiger partial charge >= 0.3 is 11.9 Å². The van der Waals surface area contributed by atoms with Crippen LogP contribution in [0.5, 0.6) is 5.75 Å². The standard InChI is InChI=1S/C64H98N18O15/c1-6-34(3)51(61(94)76-45(18-11-13-25-66)57(90)79-49(30-50(85)86)60(93)82-53(36(5)83)62(95)81-52(63(96)97)35(4)7-2)80-59(92)48(28-38-31-72-43-16-9-8-15-41(38)43)78-56(89)44(17-10-12-24-65)74-55(88)46(19-14-26-71-64(68)69)75-58(91)47(27-37-20-22-40(84)23-21-37)77-54(87)42(67)29-39-32-70-33-73-39/h8-9,15-16,20-23,31-36,42,44-49,51-53,72,83-84H,6-7,10-14,17-19,24-30,65-67H2,1-5H3,(H,70,73)(H,74,88)(H,75,91)(H,76,94)(H,77,87)(H,78,89)(H,79,90)(H,80,92)(H,81,95)(H,82,93)(H,85,86)(H,96,97)(H4,68,69,71)/t34-,35-,36+,42-,44-,45-,46-,47-,48-,49-,51-,52-,53-/m0/s1. The number of aromatic amines is 2. The van der Waals surface area contributed by atoms with Crippen LogP contribution in [-0.4, -0.2) is 193 Å². The number of imidazole rings is 1. The topological polar surface area (TPSA) is 564 Å². The van der Waals surface area contributed by atoms with Crippen molar-refractivity contribution in [3.8, 4) is 5.75 Å². The highest BCUT2D eigenvalue weighted by molar-refractivity contribution is 6.00. The maximum absolute atomic E-state index is 15.1. The number of hydrogen-bond donors (Lipinski definition) is 20. The molecule has 33 heteroatoms. The molecule has 4 rings (SSSR count). The largest absolute Gasteiger partial charge is 0.508 e. The monoisotopic (exact) mass is 1360 g/mol. The van der Waals surface area contributed by atoms with Gasteiger partial charge in [0.25, 0.3) is 0 Å². The molecule has 0 radical (unpaired) electrons. The Hall–Kier alpha value is -9.73. The number of hydrogen-bond acceptors (Lipinski definition) is 18. The number of para-hydroxylation sites is 1. The number of aromatic hydroxyl groups is 1. The van der Waals surface area contributed by atoms with E-state index in [-0.39, 0.29) is 95.6 Å². The summed E-state index contributed by atoms with van der Waals surface area (Å²) in [5.74, 6) is -13.0. The molecule has 4 aromatic rings. The molecule has 0 aliphatic heterocycles. The van der Waals surface area contributed by atoms with Gasteiger partial charge in [-0.15, -0.1) is 0 Å². The molecule has 0 aliphatic carbocycles. The van der Waals surface area contributed by atoms with Gasteiger partial charge in [0.05, 0.1) is 24.9 Å². The summed E-state index contributed by atoms with van der Waals surface area (Å²) >= 11 is 0. The maximum atomic E-state index is 15.1. The quantitative estimate of drug-likeness (QED) is 0.0125. The molecule has 33 nitrogen and oxygen atoms in total. The number of carboxylic acids is 2. The summed E-state index contributed by atoms with van der Waals surface area (Å²) in [4.78, 5) is 167. The normalized spacial score (nSPS) is 15.3. The minimum absolute atomic E-state index is 0.0142. The molecule has 2 heterocycles. The van der Waals surface area contributed by atoms with E-state index < -0.39 is 150 Å². The molecule has 0 saturated heterocycles. The van der Waals surface area contributed by atoms with Crippen molar-refractivity contribution in [3.05, 3.63) is 84.1 Å². The van der Waals surface area contributed by atoms with Crippen molar-refractivity contribution >= 4 is 82.0 Å². The SMILES string of the molecule is CC[C@H](C)[C@H](NC(=O)[C@@H](NC(=O)[C@H](CC(=O)O)NC(=O)[C@H](CCCCN)NC(=O)[C@@H](NC(=O)[C@H](Cc1c[nH]c2ccccc12)NC(=O)[C@H](CCCCN)NC(=O)[C@H](CCCN=C(N)N)NC(=O)[C@H](Cc1ccc(O)cc1)NC(=O)[C@@H](N)Cc1cnc[nH]1)[C@@H](C)CC)[C@@H](C)O)C(=O)O. The van der Waals surface area contributed by atoms with Crippen LogP contribution in [0.3, 0.4) is 0 Å². The zero-order chi connectivity index (χ0) is 71.9. The predicted molar refractivity (Wildman–Crippen MR) is 358 cm³/mol. The molecule has 2 aromatic carbocycles. The van der Waals surface area contributed by atoms with Crippen LogP contribution in [0.4, 0.5) is 0 Å². The number of guanidine groups is 1. The first-order chi connectivity index (χ1) is 46.1. The fourth-order valence-corrected chi connectivity index (χ4v) is 10.4. The zero-order valence-corrected chi connectivity index (χ0v) is 55.4. The van der Waals surface area contributed by atoms with Crippen molar-refractivity contribution in [2.75, 3.05) is 19.6 Å². The van der Waals surface area contributed by atoms with E-state index >= 15 is 4.79 Å². The van der Waals surface area contributed by atoms with Gasteiger partial charge in [0.15, 0.2) is 5.96 Å². The average Bonchev–Trinajstić information content (AvgIpc) is 1.82. The number of H-pyrrole nitrogens is 2. The number of nitrogens with one attached hydrogen (secondary N) is 11. The Morgan fingerprint density at radius 2 is 1.02 bits per heavy atom. The van der Waals surface area contributed by atoms with Crippen LogP contribution in [0.25, 0.3) is 10.9 Å². The van der Waals surface area contributed by atoms with Gasteiger partial charge in [-0.3, -0.25) is 52.9 Å². The zero-order valence-electron chi connectivity index (χ0n) is 55.4. The molecule has 0 aliphatic rings. The number of phenolic OH excluding ortho intramolecular Hbond substituents is 1. The number of benzene rings is 2. The van der Waals surface area contributed by atoms with Crippen molar-refractivity contribution in [2.45, 2.75) is 191 Å². The number of aromatic nitrogens is 3. The summed E-state index contributed by atoms with van der Waals surface area (Å²) in [6.45, 7) is 8.12. The number of nitrogens with zero attached hydrogens (tertiary/aromatic N) is 2. The number of rotatable bonds is 44. The van der Waals surface area contributed by atoms with Gasteiger partial charge in [0.1, 0.15) is 60.1 Å². The molecule has 9 amide bonds. The number of aliphatic hydroxyl groups excluding tert-OH is 1. The van der Waals surface area contributed by atoms with Crippen molar-refractivity contribution in [3.63, 3.8) is 0 Å². The molecular formula is C64H98N18O15. The van der Waals surface area contributed by atoms with E-state index in [0.29, 0.717) is 47.0 Å². The number of unbranched alkanes of at least 4 members (excludes halogenated alkanes) is 2. The van der Waals surface area contributed by atoms with Crippen LogP contribution >= 0.6 is 0 Å². The van der Waals surface area contributed by atoms with E-state index in [1.165, 1.54) is 24.7 Å². The maximum Gasteiger partial charge on any atom is 0.326 e. The molecule has 25 N–H and O–H groups in total. The lowest BCUT2D eigenvalue weighted by Gasteiger charge is -2.30. The first-order valence-corrected chi connectivity index (χ1v) is 32.5. The third-order valence-electron chi connectivity index (χ3n) is 16.5. The third-order valence-corrected chi connectivity index (χ3v) is 16.5. The minimum Gasteiger partial charge on any atom is -0.508 e. The van der Waals surface area contributed by atoms with Crippen molar-refractivity contribution in [1.29, 1.82) is 0 Å². The number of carbonyl (C=O) groups excluding carboxylic acids is 9. The van der Waals surface area contributed by atoms with E-state index in [1.54, 1.807) is 70.3 Å². The number of nitrogens with two attached hydrogens (primary N) is 5. The van der Waals surface area contributed by atoms with Crippen LogP contribution in [0.1, 0.15) is 122 Å². The highest BCUT2D eigenvalue weighted by Gasteiger charge is 2.39. The number of amides is 9. The van der Waals surface area contributed by atoms with Gasteiger partial charge in [-0.25, -0.2) is 9.78 Å². The van der Waals surface area contributed by atoms with Gasteiger partial charge < -0.3 is 107 Å². The van der Waals surface area contributed by atoms with E-state index in [1.807, 2.05) is 0 Å². The summed E-state index contributed by atoms with van der Waals surface area (Å²) in [6, 6.07) is -1.98. The molecule has 97 heavy (non-hydrogen) atoms. The van der Waals surface area contributed by atoms with E-state index in [4.69, 9.17) is 28.7 Å². The number of aliphatic imine (C=N–C) groups is 1. The molecule has 0 fully saturated rings. The van der Waals surface area contributed by atoms with Crippen LogP contribution < -0.4 is 76.5 Å². The second kappa shape index (κ2) is 40.6. The molecule has 0 spiro atoms. The van der Waals surface area contributed by atoms with Crippen molar-refractivity contribution < 1.29 is 73.2 Å². The van der Waals surface area contributed by atoms with Crippen LogP contribution in [0.2, 0.25) is 0 Å². The van der Waals surface area contributed by atoms with Crippen molar-refractivity contribution in [2.24, 2.45) is 45.5 Å². The Balaban J connectivity index is 1.69. The second-order valence-corrected chi connectivity index (χ2v) is 24.1. The van der Waals surface area contributed by atoms with Crippen LogP contribution in [0, 0.1) is 11.8 Å². The number of phenols is 1. The predicted octanol–water partition coefficient (Wildman–Crippen LogP) is -2.34. The number of carbonyl (C=O) groups is 11. The molecular weight excluding hydrogens is 1260 g/mol. The Kier molecular flexibility index (Phi) is 33.4. The lowest BCUT2D eigenvalue weighted by Crippen LogP contribution is -2.62. The second-order valence-electron chi connectivity index (χ2n) is 24.1. The van der Waals surface area contributed by atoms with E-state index in [2.05, 4.69) is 67.8 Å². The van der Waals surface area contributed by atoms with Gasteiger partial charge in [-0.1, -0.05) is 70.9 Å². The smallest absolute Gasteiger partial charge is 0.326 e. The Morgan fingerprint density at radius 1 is 0.546 bits per heavy atom. The Morgan fingerprint density at radius 3 is 1.56 bits per heavy atom. The lowest BCUT2D eigenvalue weighted by molar-refractivity contribution is -0.145. The van der Waals surface area contributed by atoms with Crippen LogP contribution in [0.15, 0.2) is 72.2 Å². The number of fused-ring (bicyclic) bond motifs is 1. The molecule has 534 valence electrons. The number of aliphatic carboxylic acids is 2. The third kappa shape index (κ3) is 26.4. The summed E-state index contributed by atoms with van der Waals surface area (Å²) < 4.78 is 0. The fraction of sp³-hybridized carbons (Fsp3) is 0.547. The van der Waals surface area contributed by atoms with Gasteiger partial charge in [-0.05, 0) is 113 Å². The highest BCUT2D eigenvalue weighted by atomic mass is 16.4. The minimum atomic E-state index is -1.93. The summed E-state index contributed by atoms with van der Waals surface area (Å²) in [7, 11) is 0. The van der Waals surface area contributed by atoms with Gasteiger partial charge in [-0.2, -0.15) is 0 Å². The molecule has 0 saturated carbocycles. The molecule has 13 atom stereocenters. The number of aliphatic hydroxyl groups is 1. The van der Waals surface area contributed by atoms with E-state index in [9.17, 15) is 68.4 Å². The summed E-state index contributed by atoms with van der Waals surface area (Å²) in [6.07, 6.45) is 3.19. The Bertz CT molecular complexity index is 3270. The van der Waals surface area contributed by atoms with Crippen LogP contribution in [-0.2, 0) is 72.0 Å². The average molecular weight is 1360 g/mol. The number of carboxylic acid groups (broad SMARTS) is 2. The van der Waals surface area contributed by atoms with Gasteiger partial charge in [0.2, 0.25) is 53.2 Å². The lowest BCUT2D eigenvalue weighted by atomic mass is 9.96. The highest BCUT2D eigenvalue weighted by Crippen LogP contribution is 2.21. The van der Waals surface area contributed by atoms with Crippen molar-refractivity contribution in [1.82, 2.24) is 62.8 Å². The fourth-order valence-electron chi connectivity index (χ4n) is 10.4. The molecule has 0 unspecified atom stereocenters. The molecule has 0 bridgehead atoms. The summed E-state index contributed by atoms with van der Waals surface area (Å²) in [5.41, 5.74) is 31.5.